The van der Waals surface area contributed by atoms with E-state index in [0.717, 1.165) is 5.56 Å². The van der Waals surface area contributed by atoms with E-state index in [1.807, 2.05) is 19.1 Å². The van der Waals surface area contributed by atoms with Crippen LogP contribution in [0.25, 0.3) is 22.0 Å². The summed E-state index contributed by atoms with van der Waals surface area (Å²) < 4.78 is 61.8. The number of aryl methyl sites for hydroxylation is 1. The van der Waals surface area contributed by atoms with Crippen LogP contribution < -0.4 is 15.4 Å². The molecule has 0 saturated carbocycles. The number of piperidine rings is 1. The molecule has 8 nitrogen and oxygen atoms in total. The fourth-order valence-electron chi connectivity index (χ4n) is 5.43. The first-order chi connectivity index (χ1) is 21.3. The molecule has 1 aliphatic rings. The molecule has 3 aromatic carbocycles. The molecule has 1 saturated heterocycles. The maximum Gasteiger partial charge on any atom is 0.228 e. The molecule has 0 spiro atoms. The van der Waals surface area contributed by atoms with Crippen molar-refractivity contribution in [3.05, 3.63) is 108 Å². The van der Waals surface area contributed by atoms with Crippen LogP contribution in [-0.4, -0.2) is 48.7 Å². The smallest absolute Gasteiger partial charge is 0.228 e. The molecular weight excluding hydrogens is 584 g/mol. The van der Waals surface area contributed by atoms with E-state index in [-0.39, 0.29) is 23.2 Å². The van der Waals surface area contributed by atoms with Gasteiger partial charge in [0.1, 0.15) is 17.7 Å². The lowest BCUT2D eigenvalue weighted by Gasteiger charge is -2.26. The van der Waals surface area contributed by atoms with Crippen LogP contribution in [0.2, 0.25) is 0 Å². The molecule has 0 aliphatic carbocycles. The second-order valence-corrected chi connectivity index (χ2v) is 13.0. The molecule has 11 heteroatoms. The highest BCUT2D eigenvalue weighted by atomic mass is 32.2. The zero-order valence-corrected chi connectivity index (χ0v) is 24.8. The second kappa shape index (κ2) is 12.6. The van der Waals surface area contributed by atoms with Crippen molar-refractivity contribution in [3.8, 4) is 22.9 Å². The van der Waals surface area contributed by atoms with Gasteiger partial charge >= 0.3 is 0 Å². The molecule has 1 fully saturated rings. The van der Waals surface area contributed by atoms with Crippen molar-refractivity contribution in [1.82, 2.24) is 20.3 Å². The van der Waals surface area contributed by atoms with E-state index in [0.29, 0.717) is 58.8 Å². The lowest BCUT2D eigenvalue weighted by molar-refractivity contribution is 0.254. The van der Waals surface area contributed by atoms with Crippen molar-refractivity contribution in [1.29, 1.82) is 0 Å². The third-order valence-electron chi connectivity index (χ3n) is 7.53. The third-order valence-corrected chi connectivity index (χ3v) is 9.03. The lowest BCUT2D eigenvalue weighted by atomic mass is 10.0. The summed E-state index contributed by atoms with van der Waals surface area (Å²) in [7, 11) is -3.68. The Labute approximate surface area is 254 Å². The molecule has 6 rings (SSSR count). The van der Waals surface area contributed by atoms with Crippen LogP contribution in [0.15, 0.2) is 85.2 Å². The molecule has 2 atom stereocenters. The van der Waals surface area contributed by atoms with Gasteiger partial charge in [-0.1, -0.05) is 42.5 Å². The van der Waals surface area contributed by atoms with E-state index in [4.69, 9.17) is 4.74 Å². The Balaban J connectivity index is 1.32. The summed E-state index contributed by atoms with van der Waals surface area (Å²) in [6.45, 7) is 2.79. The molecule has 0 amide bonds. The predicted octanol–water partition coefficient (Wildman–Crippen LogP) is 6.16. The van der Waals surface area contributed by atoms with Crippen LogP contribution in [0.4, 0.5) is 14.7 Å². The summed E-state index contributed by atoms with van der Waals surface area (Å²) in [4.78, 5) is 13.4. The summed E-state index contributed by atoms with van der Waals surface area (Å²) in [5, 5.41) is 7.26. The Morgan fingerprint density at radius 2 is 1.75 bits per heavy atom. The first-order valence-corrected chi connectivity index (χ1v) is 16.1. The highest BCUT2D eigenvalue weighted by Crippen LogP contribution is 2.38. The van der Waals surface area contributed by atoms with Gasteiger partial charge in [-0.05, 0) is 53.8 Å². The predicted molar refractivity (Wildman–Crippen MR) is 167 cm³/mol. The summed E-state index contributed by atoms with van der Waals surface area (Å²) in [5.41, 5.74) is 2.62. The van der Waals surface area contributed by atoms with Crippen molar-refractivity contribution in [2.75, 3.05) is 18.4 Å². The average molecular weight is 616 g/mol. The monoisotopic (exact) mass is 615 g/mol. The maximum absolute atomic E-state index is 15.2. The summed E-state index contributed by atoms with van der Waals surface area (Å²) in [6.07, 6.45) is 2.62. The van der Waals surface area contributed by atoms with Gasteiger partial charge in [-0.15, -0.1) is 0 Å². The Morgan fingerprint density at radius 1 is 0.932 bits per heavy atom. The quantitative estimate of drug-likeness (QED) is 0.203. The van der Waals surface area contributed by atoms with Gasteiger partial charge in [0.15, 0.2) is 9.84 Å². The molecule has 226 valence electrons. The molecule has 1 aliphatic heterocycles. The van der Waals surface area contributed by atoms with Crippen molar-refractivity contribution in [3.63, 3.8) is 0 Å². The topological polar surface area (TPSA) is 106 Å². The minimum Gasteiger partial charge on any atom is -0.437 e. The number of pyridine rings is 1. The van der Waals surface area contributed by atoms with Crippen molar-refractivity contribution >= 4 is 26.6 Å². The fourth-order valence-corrected chi connectivity index (χ4v) is 6.96. The van der Waals surface area contributed by atoms with Gasteiger partial charge in [-0.25, -0.2) is 32.2 Å². The van der Waals surface area contributed by atoms with Gasteiger partial charge in [0, 0.05) is 48.9 Å². The summed E-state index contributed by atoms with van der Waals surface area (Å²) >= 11 is 0. The number of nitrogens with zero attached hydrogens (tertiary/aromatic N) is 3. The fraction of sp³-hybridized carbons (Fsp3) is 0.242. The summed E-state index contributed by atoms with van der Waals surface area (Å²) in [5.74, 6) is -0.208. The molecule has 2 N–H and O–H groups in total. The van der Waals surface area contributed by atoms with Gasteiger partial charge in [0.25, 0.3) is 0 Å². The number of hydrogen-bond acceptors (Lipinski definition) is 8. The van der Waals surface area contributed by atoms with E-state index >= 15 is 4.39 Å². The minimum atomic E-state index is -3.68. The van der Waals surface area contributed by atoms with Crippen molar-refractivity contribution < 1.29 is 21.9 Å². The highest BCUT2D eigenvalue weighted by molar-refractivity contribution is 7.89. The highest BCUT2D eigenvalue weighted by Gasteiger charge is 2.23. The lowest BCUT2D eigenvalue weighted by Crippen LogP contribution is -2.44. The molecule has 5 aromatic rings. The number of sulfone groups is 1. The van der Waals surface area contributed by atoms with E-state index in [9.17, 15) is 12.8 Å². The second-order valence-electron chi connectivity index (χ2n) is 10.9. The van der Waals surface area contributed by atoms with Crippen LogP contribution in [0.1, 0.15) is 23.1 Å². The normalized spacial score (nSPS) is 17.0. The number of nitrogens with one attached hydrogen (secondary N) is 2. The molecule has 0 unspecified atom stereocenters. The maximum atomic E-state index is 15.2. The summed E-state index contributed by atoms with van der Waals surface area (Å²) in [6, 6.07) is 20.3. The third kappa shape index (κ3) is 6.68. The molecule has 3 heterocycles. The van der Waals surface area contributed by atoms with Crippen molar-refractivity contribution in [2.45, 2.75) is 37.1 Å². The van der Waals surface area contributed by atoms with Crippen molar-refractivity contribution in [2.24, 2.45) is 0 Å². The number of rotatable bonds is 9. The van der Waals surface area contributed by atoms with Gasteiger partial charge in [-0.2, -0.15) is 0 Å². The molecule has 0 radical (unpaired) electrons. The average Bonchev–Trinajstić information content (AvgIpc) is 3.00. The first kappa shape index (κ1) is 29.6. The number of halogens is 2. The van der Waals surface area contributed by atoms with E-state index < -0.39 is 27.6 Å². The van der Waals surface area contributed by atoms with Crippen LogP contribution in [-0.2, 0) is 21.3 Å². The number of ether oxygens (including phenoxy) is 1. The number of aromatic nitrogens is 3. The standard InChI is InChI=1S/C33H31F2N5O3S/c1-21-9-10-25-26(11-12-29(35)28(25)20-44(41,42)19-22-6-3-2-4-7-22)31(21)43-32-27(8-5-14-37-32)30-13-15-38-33(40-30)39-24-16-23(34)17-36-18-24/h2-15,23-24,36H,16-20H2,1H3,(H,38,39,40)/t23-,24-/m0/s1. The number of fused-ring (bicyclic) bond motifs is 1. The van der Waals surface area contributed by atoms with Crippen LogP contribution in [0, 0.1) is 12.7 Å². The van der Waals surface area contributed by atoms with E-state index in [1.54, 1.807) is 67.0 Å². The van der Waals surface area contributed by atoms with Crippen LogP contribution >= 0.6 is 0 Å². The zero-order chi connectivity index (χ0) is 30.7. The Hall–Kier alpha value is -4.48. The van der Waals surface area contributed by atoms with Crippen LogP contribution in [0.5, 0.6) is 11.6 Å². The van der Waals surface area contributed by atoms with E-state index in [2.05, 4.69) is 25.6 Å². The Morgan fingerprint density at radius 3 is 2.57 bits per heavy atom. The SMILES string of the molecule is Cc1ccc2c(CS(=O)(=O)Cc3ccccc3)c(F)ccc2c1Oc1ncccc1-c1ccnc(N[C@@H]2CNC[C@@H](F)C2)n1. The van der Waals surface area contributed by atoms with Gasteiger partial charge in [-0.3, -0.25) is 0 Å². The number of hydrogen-bond donors (Lipinski definition) is 2. The number of benzene rings is 3. The van der Waals surface area contributed by atoms with Gasteiger partial charge in [0.2, 0.25) is 11.8 Å². The number of anilines is 1. The van der Waals surface area contributed by atoms with Crippen LogP contribution in [0.3, 0.4) is 0 Å². The minimum absolute atomic E-state index is 0.0868. The molecule has 2 aromatic heterocycles. The molecular formula is C33H31F2N5O3S. The first-order valence-electron chi connectivity index (χ1n) is 14.3. The zero-order valence-electron chi connectivity index (χ0n) is 24.0. The Bertz CT molecular complexity index is 1910. The largest absolute Gasteiger partial charge is 0.437 e. The Kier molecular flexibility index (Phi) is 8.49. The van der Waals surface area contributed by atoms with E-state index in [1.165, 1.54) is 6.07 Å². The number of alkyl halides is 1. The molecule has 44 heavy (non-hydrogen) atoms. The van der Waals surface area contributed by atoms with Gasteiger partial charge < -0.3 is 15.4 Å². The van der Waals surface area contributed by atoms with Gasteiger partial charge in [0.05, 0.1) is 22.8 Å². The molecule has 0 bridgehead atoms.